The fourth-order valence-electron chi connectivity index (χ4n) is 2.02. The van der Waals surface area contributed by atoms with Gasteiger partial charge in [-0.2, -0.15) is 0 Å². The van der Waals surface area contributed by atoms with E-state index in [9.17, 15) is 4.79 Å². The number of esters is 1. The van der Waals surface area contributed by atoms with Crippen LogP contribution < -0.4 is 0 Å². The number of carbonyl (C=O) groups excluding carboxylic acids is 1. The number of rotatable bonds is 0. The van der Waals surface area contributed by atoms with E-state index >= 15 is 0 Å². The summed E-state index contributed by atoms with van der Waals surface area (Å²) in [5.41, 5.74) is 2.23. The first-order chi connectivity index (χ1) is 5.29. The summed E-state index contributed by atoms with van der Waals surface area (Å²) in [6, 6.07) is 0. The summed E-state index contributed by atoms with van der Waals surface area (Å²) < 4.78 is 4.97. The smallest absolute Gasteiger partial charge is 0.334 e. The Balaban J connectivity index is 2.32. The van der Waals surface area contributed by atoms with Gasteiger partial charge in [0.2, 0.25) is 0 Å². The number of allylic oxidation sites excluding steroid dienone is 1. The van der Waals surface area contributed by atoms with Crippen LogP contribution in [-0.4, -0.2) is 12.6 Å². The van der Waals surface area contributed by atoms with Crippen LogP contribution in [0.2, 0.25) is 0 Å². The van der Waals surface area contributed by atoms with E-state index in [1.54, 1.807) is 0 Å². The molecule has 2 heteroatoms. The lowest BCUT2D eigenvalue weighted by Crippen LogP contribution is -2.22. The number of cyclic esters (lactones) is 1. The van der Waals surface area contributed by atoms with Gasteiger partial charge in [0.1, 0.15) is 0 Å². The summed E-state index contributed by atoms with van der Waals surface area (Å²) in [6.07, 6.45) is 3.30. The fourth-order valence-corrected chi connectivity index (χ4v) is 2.02. The Morgan fingerprint density at radius 1 is 1.45 bits per heavy atom. The lowest BCUT2D eigenvalue weighted by atomic mass is 9.96. The summed E-state index contributed by atoms with van der Waals surface area (Å²) in [4.78, 5) is 11.2. The quantitative estimate of drug-likeness (QED) is 0.493. The average Bonchev–Trinajstić information content (AvgIpc) is 2.34. The summed E-state index contributed by atoms with van der Waals surface area (Å²) in [7, 11) is 0. The van der Waals surface area contributed by atoms with E-state index in [1.165, 1.54) is 5.57 Å². The third kappa shape index (κ3) is 0.971. The molecule has 0 aromatic rings. The van der Waals surface area contributed by atoms with Crippen LogP contribution >= 0.6 is 0 Å². The summed E-state index contributed by atoms with van der Waals surface area (Å²) in [5, 5.41) is 0. The molecule has 1 atom stereocenters. The Labute approximate surface area is 66.2 Å². The molecule has 1 fully saturated rings. The molecule has 1 aliphatic heterocycles. The van der Waals surface area contributed by atoms with Crippen LogP contribution in [0.25, 0.3) is 0 Å². The molecule has 1 saturated heterocycles. The van der Waals surface area contributed by atoms with E-state index in [0.717, 1.165) is 24.8 Å². The number of hydrogen-bond acceptors (Lipinski definition) is 2. The van der Waals surface area contributed by atoms with E-state index in [-0.39, 0.29) is 5.97 Å². The third-order valence-electron chi connectivity index (χ3n) is 2.66. The van der Waals surface area contributed by atoms with Crippen LogP contribution in [0, 0.1) is 5.92 Å². The Hall–Kier alpha value is -0.790. The van der Waals surface area contributed by atoms with Gasteiger partial charge >= 0.3 is 5.97 Å². The largest absolute Gasteiger partial charge is 0.462 e. The Kier molecular flexibility index (Phi) is 1.48. The van der Waals surface area contributed by atoms with Gasteiger partial charge in [-0.15, -0.1) is 0 Å². The van der Waals surface area contributed by atoms with Crippen molar-refractivity contribution in [1.29, 1.82) is 0 Å². The van der Waals surface area contributed by atoms with Gasteiger partial charge < -0.3 is 4.74 Å². The SMILES string of the molecule is CC1=C2C(=O)OCCC2CC1. The number of carbonyl (C=O) groups is 1. The molecular weight excluding hydrogens is 140 g/mol. The molecule has 1 aliphatic carbocycles. The summed E-state index contributed by atoms with van der Waals surface area (Å²) in [5.74, 6) is 0.465. The van der Waals surface area contributed by atoms with E-state index in [1.807, 2.05) is 6.92 Å². The molecule has 0 radical (unpaired) electrons. The monoisotopic (exact) mass is 152 g/mol. The highest BCUT2D eigenvalue weighted by Gasteiger charge is 2.32. The average molecular weight is 152 g/mol. The van der Waals surface area contributed by atoms with Gasteiger partial charge in [0.15, 0.2) is 0 Å². The molecular formula is C9H12O2. The van der Waals surface area contributed by atoms with Gasteiger partial charge in [-0.25, -0.2) is 4.79 Å². The molecule has 0 saturated carbocycles. The van der Waals surface area contributed by atoms with Crippen LogP contribution in [0.5, 0.6) is 0 Å². The summed E-state index contributed by atoms with van der Waals surface area (Å²) in [6.45, 7) is 2.67. The standard InChI is InChI=1S/C9H12O2/c1-6-2-3-7-4-5-11-9(10)8(6)7/h7H,2-5H2,1H3. The first-order valence-corrected chi connectivity index (χ1v) is 4.16. The Bertz CT molecular complexity index is 228. The van der Waals surface area contributed by atoms with Crippen molar-refractivity contribution in [3.63, 3.8) is 0 Å². The maximum atomic E-state index is 11.2. The molecule has 2 rings (SSSR count). The van der Waals surface area contributed by atoms with Gasteiger partial charge in [-0.3, -0.25) is 0 Å². The molecule has 0 bridgehead atoms. The minimum Gasteiger partial charge on any atom is -0.462 e. The normalized spacial score (nSPS) is 30.3. The second-order valence-electron chi connectivity index (χ2n) is 3.35. The highest BCUT2D eigenvalue weighted by atomic mass is 16.5. The highest BCUT2D eigenvalue weighted by molar-refractivity contribution is 5.91. The molecule has 60 valence electrons. The highest BCUT2D eigenvalue weighted by Crippen LogP contribution is 2.36. The van der Waals surface area contributed by atoms with Crippen LogP contribution in [0.4, 0.5) is 0 Å². The number of hydrogen-bond donors (Lipinski definition) is 0. The molecule has 2 aliphatic rings. The lowest BCUT2D eigenvalue weighted by molar-refractivity contribution is -0.142. The molecule has 1 heterocycles. The van der Waals surface area contributed by atoms with Gasteiger partial charge in [-0.1, -0.05) is 5.57 Å². The minimum atomic E-state index is -0.0590. The van der Waals surface area contributed by atoms with Crippen LogP contribution in [0.15, 0.2) is 11.1 Å². The van der Waals surface area contributed by atoms with E-state index < -0.39 is 0 Å². The van der Waals surface area contributed by atoms with Gasteiger partial charge in [0.25, 0.3) is 0 Å². The first kappa shape index (κ1) is 6.89. The number of fused-ring (bicyclic) bond motifs is 1. The van der Waals surface area contributed by atoms with Gasteiger partial charge in [0.05, 0.1) is 6.61 Å². The van der Waals surface area contributed by atoms with Crippen molar-refractivity contribution in [2.45, 2.75) is 26.2 Å². The van der Waals surface area contributed by atoms with Gasteiger partial charge in [0, 0.05) is 5.57 Å². The van der Waals surface area contributed by atoms with Crippen molar-refractivity contribution in [2.24, 2.45) is 5.92 Å². The third-order valence-corrected chi connectivity index (χ3v) is 2.66. The van der Waals surface area contributed by atoms with Gasteiger partial charge in [-0.05, 0) is 32.1 Å². The predicted molar refractivity (Wildman–Crippen MR) is 41.0 cm³/mol. The minimum absolute atomic E-state index is 0.0590. The molecule has 11 heavy (non-hydrogen) atoms. The maximum absolute atomic E-state index is 11.2. The second-order valence-corrected chi connectivity index (χ2v) is 3.35. The molecule has 0 amide bonds. The first-order valence-electron chi connectivity index (χ1n) is 4.16. The Morgan fingerprint density at radius 3 is 3.00 bits per heavy atom. The van der Waals surface area contributed by atoms with Crippen molar-refractivity contribution in [3.8, 4) is 0 Å². The van der Waals surface area contributed by atoms with Crippen molar-refractivity contribution in [2.75, 3.05) is 6.61 Å². The number of ether oxygens (including phenoxy) is 1. The zero-order chi connectivity index (χ0) is 7.84. The predicted octanol–water partition coefficient (Wildman–Crippen LogP) is 1.66. The van der Waals surface area contributed by atoms with Crippen molar-refractivity contribution in [1.82, 2.24) is 0 Å². The van der Waals surface area contributed by atoms with E-state index in [4.69, 9.17) is 4.74 Å². The molecule has 0 spiro atoms. The van der Waals surface area contributed by atoms with Crippen LogP contribution in [0.1, 0.15) is 26.2 Å². The van der Waals surface area contributed by atoms with Crippen molar-refractivity contribution in [3.05, 3.63) is 11.1 Å². The van der Waals surface area contributed by atoms with Crippen molar-refractivity contribution < 1.29 is 9.53 Å². The molecule has 0 aromatic heterocycles. The lowest BCUT2D eigenvalue weighted by Gasteiger charge is -2.19. The van der Waals surface area contributed by atoms with Crippen LogP contribution in [0.3, 0.4) is 0 Å². The Morgan fingerprint density at radius 2 is 2.27 bits per heavy atom. The summed E-state index contributed by atoms with van der Waals surface area (Å²) >= 11 is 0. The maximum Gasteiger partial charge on any atom is 0.334 e. The fraction of sp³-hybridized carbons (Fsp3) is 0.667. The topological polar surface area (TPSA) is 26.3 Å². The second kappa shape index (κ2) is 2.36. The molecule has 1 unspecified atom stereocenters. The zero-order valence-electron chi connectivity index (χ0n) is 6.72. The molecule has 2 nitrogen and oxygen atoms in total. The molecule has 0 aromatic carbocycles. The zero-order valence-corrected chi connectivity index (χ0v) is 6.72. The van der Waals surface area contributed by atoms with Crippen molar-refractivity contribution >= 4 is 5.97 Å². The molecule has 0 N–H and O–H groups in total. The van der Waals surface area contributed by atoms with E-state index in [0.29, 0.717) is 12.5 Å². The van der Waals surface area contributed by atoms with E-state index in [2.05, 4.69) is 0 Å². The van der Waals surface area contributed by atoms with Crippen LogP contribution in [-0.2, 0) is 9.53 Å².